The zero-order valence-electron chi connectivity index (χ0n) is 10.9. The van der Waals surface area contributed by atoms with Gasteiger partial charge in [0, 0.05) is 29.7 Å². The summed E-state index contributed by atoms with van der Waals surface area (Å²) in [6.07, 6.45) is 3.67. The van der Waals surface area contributed by atoms with Crippen molar-refractivity contribution in [3.05, 3.63) is 65.0 Å². The molecule has 0 fully saturated rings. The van der Waals surface area contributed by atoms with Crippen LogP contribution in [0.3, 0.4) is 0 Å². The number of rotatable bonds is 1. The number of aromatic nitrogens is 1. The number of benzene rings is 1. The van der Waals surface area contributed by atoms with Gasteiger partial charge in [0.2, 0.25) is 5.52 Å². The molecule has 0 spiro atoms. The number of pyridine rings is 2. The quantitative estimate of drug-likeness (QED) is 0.214. The van der Waals surface area contributed by atoms with Crippen molar-refractivity contribution in [1.29, 1.82) is 0 Å². The second kappa shape index (κ2) is 6.18. The van der Waals surface area contributed by atoms with Gasteiger partial charge in [-0.25, -0.2) is 18.6 Å². The average Bonchev–Trinajstić information content (AvgIpc) is 2.42. The summed E-state index contributed by atoms with van der Waals surface area (Å²) in [7, 11) is -4.94. The average molecular weight is 325 g/mol. The smallest absolute Gasteiger partial charge is 0.258 e. The molecule has 0 saturated carbocycles. The Bertz CT molecular complexity index is 827. The van der Waals surface area contributed by atoms with E-state index >= 15 is 0 Å². The summed E-state index contributed by atoms with van der Waals surface area (Å²) < 4.78 is 35.9. The Hall–Kier alpha value is -2.36. The van der Waals surface area contributed by atoms with E-state index in [0.29, 0.717) is 5.39 Å². The normalized spacial score (nSPS) is 11.1. The van der Waals surface area contributed by atoms with Gasteiger partial charge in [-0.1, -0.05) is 12.1 Å². The predicted octanol–water partition coefficient (Wildman–Crippen LogP) is -2.27. The van der Waals surface area contributed by atoms with Crippen molar-refractivity contribution < 1.29 is 38.2 Å². The van der Waals surface area contributed by atoms with Crippen molar-refractivity contribution in [2.45, 2.75) is 0 Å². The number of nitro benzene ring substituents is 1. The summed E-state index contributed by atoms with van der Waals surface area (Å²) in [4.78, 5) is 10.6. The van der Waals surface area contributed by atoms with Gasteiger partial charge in [0.15, 0.2) is 12.4 Å². The summed E-state index contributed by atoms with van der Waals surface area (Å²) in [5.74, 6) is 0. The van der Waals surface area contributed by atoms with E-state index in [1.165, 1.54) is 6.07 Å². The maximum absolute atomic E-state index is 10.9. The van der Waals surface area contributed by atoms with E-state index in [4.69, 9.17) is 18.6 Å². The van der Waals surface area contributed by atoms with Crippen LogP contribution in [0, 0.1) is 20.4 Å². The molecule has 0 aliphatic rings. The Labute approximate surface area is 126 Å². The molecule has 9 heteroatoms. The highest BCUT2D eigenvalue weighted by Crippen LogP contribution is 2.24. The van der Waals surface area contributed by atoms with E-state index in [1.54, 1.807) is 12.3 Å². The molecule has 0 aliphatic carbocycles. The van der Waals surface area contributed by atoms with Gasteiger partial charge in [0.1, 0.15) is 5.39 Å². The number of hydrogen-bond acceptors (Lipinski definition) is 6. The second-order valence-electron chi connectivity index (χ2n) is 4.22. The molecular weight excluding hydrogens is 316 g/mol. The molecule has 22 heavy (non-hydrogen) atoms. The number of nitro groups is 1. The van der Waals surface area contributed by atoms with Gasteiger partial charge < -0.3 is 0 Å². The number of halogens is 1. The van der Waals surface area contributed by atoms with Crippen LogP contribution >= 0.6 is 0 Å². The molecule has 0 aliphatic heterocycles. The monoisotopic (exact) mass is 324 g/mol. The molecule has 0 unspecified atom stereocenters. The maximum Gasteiger partial charge on any atom is 0.283 e. The molecule has 2 aromatic heterocycles. The van der Waals surface area contributed by atoms with Gasteiger partial charge >= 0.3 is 0 Å². The van der Waals surface area contributed by atoms with Crippen LogP contribution in [0.5, 0.6) is 0 Å². The van der Waals surface area contributed by atoms with Crippen molar-refractivity contribution in [3.63, 3.8) is 0 Å². The van der Waals surface area contributed by atoms with Crippen LogP contribution in [0.2, 0.25) is 0 Å². The highest BCUT2D eigenvalue weighted by atomic mass is 35.7. The molecule has 1 aromatic carbocycles. The van der Waals surface area contributed by atoms with Gasteiger partial charge in [-0.3, -0.25) is 10.1 Å². The van der Waals surface area contributed by atoms with Crippen LogP contribution < -0.4 is 23.0 Å². The van der Waals surface area contributed by atoms with Crippen LogP contribution in [0.15, 0.2) is 54.9 Å². The van der Waals surface area contributed by atoms with Gasteiger partial charge in [-0.05, 0) is 6.07 Å². The second-order valence-corrected chi connectivity index (χ2v) is 4.98. The lowest BCUT2D eigenvalue weighted by molar-refractivity contribution is -2.00. The van der Waals surface area contributed by atoms with E-state index in [2.05, 4.69) is 0 Å². The maximum atomic E-state index is 10.9. The molecule has 2 heterocycles. The fourth-order valence-electron chi connectivity index (χ4n) is 2.00. The first-order chi connectivity index (χ1) is 10.3. The van der Waals surface area contributed by atoms with Gasteiger partial charge in [-0.15, -0.1) is 10.2 Å². The topological polar surface area (TPSA) is 139 Å². The van der Waals surface area contributed by atoms with Crippen molar-refractivity contribution in [2.75, 3.05) is 0 Å². The van der Waals surface area contributed by atoms with Crippen molar-refractivity contribution >= 4 is 22.0 Å². The van der Waals surface area contributed by atoms with E-state index in [-0.39, 0.29) is 10.6 Å². The molecular formula is C13H9ClN2O6. The minimum absolute atomic E-state index is 0.140. The number of nitrogens with zero attached hydrogens (tertiary/aromatic N) is 2. The molecule has 3 rings (SSSR count). The molecule has 0 N–H and O–H groups in total. The van der Waals surface area contributed by atoms with Crippen LogP contribution in [0.25, 0.3) is 16.3 Å². The highest BCUT2D eigenvalue weighted by molar-refractivity contribution is 5.91. The van der Waals surface area contributed by atoms with Crippen LogP contribution in [0.1, 0.15) is 0 Å². The Balaban J connectivity index is 0.000000309. The van der Waals surface area contributed by atoms with Crippen molar-refractivity contribution in [1.82, 2.24) is 0 Å². The minimum Gasteiger partial charge on any atom is -0.258 e. The van der Waals surface area contributed by atoms with Gasteiger partial charge in [-0.2, -0.15) is 4.40 Å². The third-order valence-electron chi connectivity index (χ3n) is 2.81. The molecule has 0 radical (unpaired) electrons. The first kappa shape index (κ1) is 16.0. The fraction of sp³-hybridized carbons (Fsp3) is 0. The van der Waals surface area contributed by atoms with Crippen LogP contribution in [-0.2, 0) is 0 Å². The largest absolute Gasteiger partial charge is 0.283 e. The summed E-state index contributed by atoms with van der Waals surface area (Å²) >= 11 is 0. The summed E-state index contributed by atoms with van der Waals surface area (Å²) in [6, 6.07) is 12.9. The molecule has 8 nitrogen and oxygen atoms in total. The summed E-state index contributed by atoms with van der Waals surface area (Å²) in [5, 5.41) is 12.5. The van der Waals surface area contributed by atoms with Crippen LogP contribution in [-0.4, -0.2) is 4.92 Å². The first-order valence-corrected chi connectivity index (χ1v) is 7.08. The van der Waals surface area contributed by atoms with E-state index in [9.17, 15) is 10.1 Å². The number of hydrogen-bond donors (Lipinski definition) is 0. The number of non-ortho nitro benzene ring substituents is 1. The third kappa shape index (κ3) is 4.07. The Morgan fingerprint density at radius 1 is 1.00 bits per heavy atom. The molecule has 0 saturated heterocycles. The highest BCUT2D eigenvalue weighted by Gasteiger charge is 2.15. The Kier molecular flexibility index (Phi) is 4.50. The lowest BCUT2D eigenvalue weighted by Crippen LogP contribution is -2.68. The van der Waals surface area contributed by atoms with E-state index < -0.39 is 10.2 Å². The number of fused-ring (bicyclic) bond motifs is 2. The van der Waals surface area contributed by atoms with E-state index in [1.807, 2.05) is 40.9 Å². The zero-order chi connectivity index (χ0) is 16.3. The van der Waals surface area contributed by atoms with E-state index in [0.717, 1.165) is 10.9 Å². The van der Waals surface area contributed by atoms with Gasteiger partial charge in [0.25, 0.3) is 5.69 Å². The third-order valence-corrected chi connectivity index (χ3v) is 2.81. The fourth-order valence-corrected chi connectivity index (χ4v) is 2.00. The minimum atomic E-state index is -4.94. The standard InChI is InChI=1S/C13H9N2O2.ClHO4/c16-15(17)13-6-3-4-10-8-11-5-1-2-7-14(11)9-12(10)13;2-1(3,4)5/h1-9H;(H,2,3,4,5)/q+1;/p-1. The Morgan fingerprint density at radius 3 is 2.32 bits per heavy atom. The Morgan fingerprint density at radius 2 is 1.68 bits per heavy atom. The summed E-state index contributed by atoms with van der Waals surface area (Å²) in [6.45, 7) is 0. The predicted molar refractivity (Wildman–Crippen MR) is 63.8 cm³/mol. The van der Waals surface area contributed by atoms with Crippen molar-refractivity contribution in [3.8, 4) is 0 Å². The molecule has 114 valence electrons. The van der Waals surface area contributed by atoms with Crippen molar-refractivity contribution in [2.24, 2.45) is 0 Å². The SMILES string of the molecule is O=[N+]([O-])c1cccc2cc3cccc[n+]3cc12.[O-][Cl+3]([O-])([O-])[O-]. The zero-order valence-corrected chi connectivity index (χ0v) is 11.7. The lowest BCUT2D eigenvalue weighted by Gasteiger charge is -2.17. The molecule has 0 amide bonds. The molecule has 0 bridgehead atoms. The molecule has 0 atom stereocenters. The van der Waals surface area contributed by atoms with Gasteiger partial charge in [0.05, 0.1) is 4.92 Å². The first-order valence-electron chi connectivity index (χ1n) is 5.84. The molecule has 3 aromatic rings. The lowest BCUT2D eigenvalue weighted by atomic mass is 10.1. The summed E-state index contributed by atoms with van der Waals surface area (Å²) in [5.41, 5.74) is 1.15. The van der Waals surface area contributed by atoms with Crippen LogP contribution in [0.4, 0.5) is 5.69 Å².